The van der Waals surface area contributed by atoms with Gasteiger partial charge in [-0.1, -0.05) is 12.8 Å². The van der Waals surface area contributed by atoms with Crippen LogP contribution in [-0.4, -0.2) is 10.2 Å². The van der Waals surface area contributed by atoms with Gasteiger partial charge >= 0.3 is 6.18 Å². The SMILES string of the molecule is FC(F)(F)c1n[nH]c(C2CCCC2)c1CCl. The zero-order valence-corrected chi connectivity index (χ0v) is 9.33. The normalized spacial score (nSPS) is 18.2. The molecule has 1 N–H and O–H groups in total. The molecule has 0 aliphatic heterocycles. The molecule has 2 nitrogen and oxygen atoms in total. The molecule has 1 aromatic rings. The second-order valence-electron chi connectivity index (χ2n) is 4.08. The first-order valence-corrected chi connectivity index (χ1v) is 5.77. The highest BCUT2D eigenvalue weighted by atomic mass is 35.5. The van der Waals surface area contributed by atoms with Gasteiger partial charge in [-0.2, -0.15) is 18.3 Å². The molecule has 2 rings (SSSR count). The minimum Gasteiger partial charge on any atom is -0.281 e. The van der Waals surface area contributed by atoms with E-state index in [-0.39, 0.29) is 17.4 Å². The Kier molecular flexibility index (Phi) is 3.15. The first kappa shape index (κ1) is 11.8. The zero-order chi connectivity index (χ0) is 11.8. The number of halogens is 4. The van der Waals surface area contributed by atoms with Crippen molar-refractivity contribution in [2.45, 2.75) is 43.7 Å². The lowest BCUT2D eigenvalue weighted by atomic mass is 9.99. The molecule has 0 saturated heterocycles. The van der Waals surface area contributed by atoms with Crippen molar-refractivity contribution in [1.82, 2.24) is 10.2 Å². The number of hydrogen-bond acceptors (Lipinski definition) is 1. The summed E-state index contributed by atoms with van der Waals surface area (Å²) >= 11 is 5.60. The summed E-state index contributed by atoms with van der Waals surface area (Å²) in [5.74, 6) is 0.0225. The summed E-state index contributed by atoms with van der Waals surface area (Å²) < 4.78 is 37.8. The summed E-state index contributed by atoms with van der Waals surface area (Å²) in [7, 11) is 0. The van der Waals surface area contributed by atoms with E-state index in [2.05, 4.69) is 10.2 Å². The number of alkyl halides is 4. The molecule has 6 heteroatoms. The highest BCUT2D eigenvalue weighted by Gasteiger charge is 2.38. The van der Waals surface area contributed by atoms with E-state index in [1.165, 1.54) is 0 Å². The van der Waals surface area contributed by atoms with E-state index in [0.717, 1.165) is 25.7 Å². The van der Waals surface area contributed by atoms with Gasteiger partial charge in [-0.05, 0) is 12.8 Å². The number of hydrogen-bond donors (Lipinski definition) is 1. The van der Waals surface area contributed by atoms with Gasteiger partial charge in [-0.25, -0.2) is 0 Å². The molecule has 0 unspecified atom stereocenters. The van der Waals surface area contributed by atoms with Gasteiger partial charge in [0.25, 0.3) is 0 Å². The predicted molar refractivity (Wildman–Crippen MR) is 54.4 cm³/mol. The van der Waals surface area contributed by atoms with Crippen LogP contribution in [0.25, 0.3) is 0 Å². The van der Waals surface area contributed by atoms with E-state index in [9.17, 15) is 13.2 Å². The van der Waals surface area contributed by atoms with Crippen molar-refractivity contribution in [1.29, 1.82) is 0 Å². The molecular formula is C10H12ClF3N2. The van der Waals surface area contributed by atoms with E-state index in [0.29, 0.717) is 5.69 Å². The number of aromatic nitrogens is 2. The molecule has 1 aliphatic carbocycles. The maximum absolute atomic E-state index is 12.6. The van der Waals surface area contributed by atoms with Crippen molar-refractivity contribution < 1.29 is 13.2 Å². The molecule has 0 radical (unpaired) electrons. The van der Waals surface area contributed by atoms with Crippen LogP contribution >= 0.6 is 11.6 Å². The topological polar surface area (TPSA) is 28.7 Å². The molecule has 1 fully saturated rings. The Morgan fingerprint density at radius 3 is 2.44 bits per heavy atom. The summed E-state index contributed by atoms with van der Waals surface area (Å²) in [6.45, 7) is 0. The number of aromatic amines is 1. The maximum atomic E-state index is 12.6. The van der Waals surface area contributed by atoms with E-state index in [1.54, 1.807) is 0 Å². The second-order valence-corrected chi connectivity index (χ2v) is 4.34. The minimum atomic E-state index is -4.42. The average molecular weight is 253 g/mol. The summed E-state index contributed by atoms with van der Waals surface area (Å²) in [6.07, 6.45) is -0.455. The van der Waals surface area contributed by atoms with Crippen LogP contribution in [0.2, 0.25) is 0 Å². The molecule has 0 atom stereocenters. The van der Waals surface area contributed by atoms with E-state index >= 15 is 0 Å². The number of H-pyrrole nitrogens is 1. The fourth-order valence-corrected chi connectivity index (χ4v) is 2.57. The van der Waals surface area contributed by atoms with Gasteiger partial charge in [-0.15, -0.1) is 11.6 Å². The monoisotopic (exact) mass is 252 g/mol. The Morgan fingerprint density at radius 1 is 1.31 bits per heavy atom. The third-order valence-corrected chi connectivity index (χ3v) is 3.33. The molecule has 0 bridgehead atoms. The standard InChI is InChI=1S/C10H12ClF3N2/c11-5-7-8(6-3-1-2-4-6)15-16-9(7)10(12,13)14/h6H,1-5H2,(H,15,16). The Hall–Kier alpha value is -0.710. The maximum Gasteiger partial charge on any atom is 0.435 e. The van der Waals surface area contributed by atoms with Crippen LogP contribution in [0, 0.1) is 0 Å². The molecule has 16 heavy (non-hydrogen) atoms. The van der Waals surface area contributed by atoms with E-state index < -0.39 is 11.9 Å². The van der Waals surface area contributed by atoms with Crippen molar-refractivity contribution in [2.75, 3.05) is 0 Å². The molecule has 1 saturated carbocycles. The molecule has 90 valence electrons. The Bertz CT molecular complexity index is 367. The summed E-state index contributed by atoms with van der Waals surface area (Å²) in [6, 6.07) is 0. The number of nitrogens with one attached hydrogen (secondary N) is 1. The second kappa shape index (κ2) is 4.28. The first-order valence-electron chi connectivity index (χ1n) is 5.24. The van der Waals surface area contributed by atoms with Crippen LogP contribution in [0.15, 0.2) is 0 Å². The van der Waals surface area contributed by atoms with E-state index in [4.69, 9.17) is 11.6 Å². The van der Waals surface area contributed by atoms with Gasteiger partial charge < -0.3 is 0 Å². The van der Waals surface area contributed by atoms with Crippen LogP contribution in [0.3, 0.4) is 0 Å². The van der Waals surface area contributed by atoms with Gasteiger partial charge in [0.05, 0.1) is 5.88 Å². The number of nitrogens with zero attached hydrogens (tertiary/aromatic N) is 1. The van der Waals surface area contributed by atoms with Gasteiger partial charge in [0.2, 0.25) is 0 Å². The van der Waals surface area contributed by atoms with Crippen LogP contribution in [0.1, 0.15) is 48.6 Å². The third kappa shape index (κ3) is 2.05. The lowest BCUT2D eigenvalue weighted by Gasteiger charge is -2.09. The first-order chi connectivity index (χ1) is 7.54. The lowest BCUT2D eigenvalue weighted by Crippen LogP contribution is -2.09. The molecule has 1 aromatic heterocycles. The van der Waals surface area contributed by atoms with Gasteiger partial charge in [0, 0.05) is 17.2 Å². The molecule has 0 spiro atoms. The van der Waals surface area contributed by atoms with Crippen LogP contribution in [0.5, 0.6) is 0 Å². The minimum absolute atomic E-state index is 0.126. The number of rotatable bonds is 2. The van der Waals surface area contributed by atoms with Crippen LogP contribution < -0.4 is 0 Å². The van der Waals surface area contributed by atoms with Crippen molar-refractivity contribution in [3.05, 3.63) is 17.0 Å². The fraction of sp³-hybridized carbons (Fsp3) is 0.700. The van der Waals surface area contributed by atoms with Crippen LogP contribution in [0.4, 0.5) is 13.2 Å². The smallest absolute Gasteiger partial charge is 0.281 e. The molecule has 0 amide bonds. The molecule has 1 heterocycles. The Balaban J connectivity index is 2.36. The van der Waals surface area contributed by atoms with Crippen LogP contribution in [-0.2, 0) is 12.1 Å². The quantitative estimate of drug-likeness (QED) is 0.797. The third-order valence-electron chi connectivity index (χ3n) is 3.06. The Labute approximate surface area is 96.2 Å². The zero-order valence-electron chi connectivity index (χ0n) is 8.57. The van der Waals surface area contributed by atoms with Gasteiger partial charge in [-0.3, -0.25) is 5.10 Å². The summed E-state index contributed by atoms with van der Waals surface area (Å²) in [5, 5.41) is 5.89. The lowest BCUT2D eigenvalue weighted by molar-refractivity contribution is -0.141. The highest BCUT2D eigenvalue weighted by Crippen LogP contribution is 2.39. The molecular weight excluding hydrogens is 241 g/mol. The van der Waals surface area contributed by atoms with Gasteiger partial charge in [0.15, 0.2) is 5.69 Å². The van der Waals surface area contributed by atoms with E-state index in [1.807, 2.05) is 0 Å². The summed E-state index contributed by atoms with van der Waals surface area (Å²) in [4.78, 5) is 0. The molecule has 1 aliphatic rings. The van der Waals surface area contributed by atoms with Crippen molar-refractivity contribution in [3.63, 3.8) is 0 Å². The Morgan fingerprint density at radius 2 is 1.94 bits per heavy atom. The molecule has 0 aromatic carbocycles. The van der Waals surface area contributed by atoms with Gasteiger partial charge in [0.1, 0.15) is 0 Å². The fourth-order valence-electron chi connectivity index (χ4n) is 2.30. The summed E-state index contributed by atoms with van der Waals surface area (Å²) in [5.41, 5.74) is -0.148. The van der Waals surface area contributed by atoms with Crippen molar-refractivity contribution >= 4 is 11.6 Å². The average Bonchev–Trinajstić information content (AvgIpc) is 2.84. The largest absolute Gasteiger partial charge is 0.435 e. The van der Waals surface area contributed by atoms with Crippen molar-refractivity contribution in [2.24, 2.45) is 0 Å². The highest BCUT2D eigenvalue weighted by molar-refractivity contribution is 6.17. The van der Waals surface area contributed by atoms with Crippen molar-refractivity contribution in [3.8, 4) is 0 Å². The predicted octanol–water partition coefficient (Wildman–Crippen LogP) is 3.82.